The van der Waals surface area contributed by atoms with E-state index in [9.17, 15) is 14.9 Å². The van der Waals surface area contributed by atoms with Crippen LogP contribution in [0.4, 0.5) is 11.4 Å². The average Bonchev–Trinajstić information content (AvgIpc) is 3.26. The van der Waals surface area contributed by atoms with Crippen molar-refractivity contribution in [1.82, 2.24) is 9.55 Å². The summed E-state index contributed by atoms with van der Waals surface area (Å²) in [6, 6.07) is 11.2. The molecule has 0 fully saturated rings. The molecule has 136 valence electrons. The maximum Gasteiger partial charge on any atom is 0.270 e. The molecule has 0 spiro atoms. The number of aromatic nitrogens is 2. The van der Waals surface area contributed by atoms with Crippen molar-refractivity contribution in [1.29, 1.82) is 0 Å². The van der Waals surface area contributed by atoms with Gasteiger partial charge in [0.2, 0.25) is 0 Å². The average molecular weight is 383 g/mol. The molecule has 0 aliphatic carbocycles. The second-order valence-electron chi connectivity index (χ2n) is 6.27. The highest BCUT2D eigenvalue weighted by Crippen LogP contribution is 2.27. The van der Waals surface area contributed by atoms with Gasteiger partial charge in [0.05, 0.1) is 27.4 Å². The second-order valence-corrected chi connectivity index (χ2v) is 6.67. The Kier molecular flexibility index (Phi) is 4.37. The Bertz CT molecular complexity index is 1040. The number of non-ortho nitro benzene ring substituents is 1. The molecular formula is C19H15ClN4O3. The predicted octanol–water partition coefficient (Wildman–Crippen LogP) is 4.31. The van der Waals surface area contributed by atoms with Gasteiger partial charge in [-0.2, -0.15) is 0 Å². The van der Waals surface area contributed by atoms with Crippen molar-refractivity contribution >= 4 is 28.9 Å². The smallest absolute Gasteiger partial charge is 0.270 e. The van der Waals surface area contributed by atoms with Crippen molar-refractivity contribution in [2.75, 3.05) is 5.32 Å². The van der Waals surface area contributed by atoms with Gasteiger partial charge < -0.3 is 9.88 Å². The number of anilines is 1. The number of benzene rings is 2. The van der Waals surface area contributed by atoms with Crippen molar-refractivity contribution in [3.8, 4) is 11.3 Å². The van der Waals surface area contributed by atoms with Gasteiger partial charge in [0.25, 0.3) is 11.6 Å². The van der Waals surface area contributed by atoms with E-state index in [-0.39, 0.29) is 16.3 Å². The number of rotatable bonds is 4. The summed E-state index contributed by atoms with van der Waals surface area (Å²) in [5.41, 5.74) is 2.52. The molecule has 1 aliphatic rings. The number of nitrogens with one attached hydrogen (secondary N) is 1. The van der Waals surface area contributed by atoms with Gasteiger partial charge in [-0.3, -0.25) is 14.9 Å². The zero-order valence-corrected chi connectivity index (χ0v) is 14.9. The van der Waals surface area contributed by atoms with Crippen LogP contribution in [0.5, 0.6) is 0 Å². The number of imidazole rings is 1. The lowest BCUT2D eigenvalue weighted by Crippen LogP contribution is -2.12. The number of hydrogen-bond donors (Lipinski definition) is 1. The number of carbonyl (C=O) groups excluding carboxylic acids is 1. The zero-order chi connectivity index (χ0) is 19.0. The van der Waals surface area contributed by atoms with E-state index >= 15 is 0 Å². The first-order valence-electron chi connectivity index (χ1n) is 8.43. The molecule has 2 aromatic carbocycles. The van der Waals surface area contributed by atoms with E-state index in [1.165, 1.54) is 18.2 Å². The third-order valence-electron chi connectivity index (χ3n) is 4.56. The standard InChI is InChI=1S/C19H15ClN4O3/c20-16-8-7-14(24(26)27)10-15(16)19(25)22-13-5-3-12(4-6-13)17-11-21-18-2-1-9-23(17)18/h3-8,10-11H,1-2,9H2,(H,22,25). The minimum absolute atomic E-state index is 0.0588. The van der Waals surface area contributed by atoms with E-state index in [0.29, 0.717) is 5.69 Å². The van der Waals surface area contributed by atoms with Crippen molar-refractivity contribution in [2.45, 2.75) is 19.4 Å². The monoisotopic (exact) mass is 382 g/mol. The van der Waals surface area contributed by atoms with Gasteiger partial charge in [0.1, 0.15) is 5.82 Å². The maximum absolute atomic E-state index is 12.4. The molecule has 0 atom stereocenters. The van der Waals surface area contributed by atoms with Crippen LogP contribution in [-0.4, -0.2) is 20.4 Å². The van der Waals surface area contributed by atoms with Gasteiger partial charge in [-0.15, -0.1) is 0 Å². The Morgan fingerprint density at radius 1 is 1.22 bits per heavy atom. The number of aryl methyl sites for hydroxylation is 1. The van der Waals surface area contributed by atoms with Crippen LogP contribution in [0.1, 0.15) is 22.6 Å². The van der Waals surface area contributed by atoms with Gasteiger partial charge in [0.15, 0.2) is 0 Å². The van der Waals surface area contributed by atoms with Crippen LogP contribution in [0, 0.1) is 10.1 Å². The van der Waals surface area contributed by atoms with Crippen molar-refractivity contribution in [3.63, 3.8) is 0 Å². The molecule has 0 radical (unpaired) electrons. The number of nitro benzene ring substituents is 1. The van der Waals surface area contributed by atoms with Crippen LogP contribution in [-0.2, 0) is 13.0 Å². The van der Waals surface area contributed by atoms with Crippen molar-refractivity contribution < 1.29 is 9.72 Å². The number of amides is 1. The zero-order valence-electron chi connectivity index (χ0n) is 14.2. The maximum atomic E-state index is 12.4. The minimum atomic E-state index is -0.564. The molecule has 2 heterocycles. The topological polar surface area (TPSA) is 90.1 Å². The van der Waals surface area contributed by atoms with E-state index in [0.717, 1.165) is 36.5 Å². The molecule has 1 aliphatic heterocycles. The largest absolute Gasteiger partial charge is 0.328 e. The summed E-state index contributed by atoms with van der Waals surface area (Å²) >= 11 is 6.02. The number of halogens is 1. The third kappa shape index (κ3) is 3.29. The first-order valence-corrected chi connectivity index (χ1v) is 8.81. The summed E-state index contributed by atoms with van der Waals surface area (Å²) in [7, 11) is 0. The van der Waals surface area contributed by atoms with Crippen LogP contribution in [0.15, 0.2) is 48.7 Å². The quantitative estimate of drug-likeness (QED) is 0.537. The summed E-state index contributed by atoms with van der Waals surface area (Å²) < 4.78 is 2.20. The SMILES string of the molecule is O=C(Nc1ccc(-c2cnc3n2CCC3)cc1)c1cc([N+](=O)[O-])ccc1Cl. The van der Waals surface area contributed by atoms with Crippen molar-refractivity contribution in [3.05, 3.63) is 75.2 Å². The first kappa shape index (κ1) is 17.2. The van der Waals surface area contributed by atoms with Crippen LogP contribution in [0.2, 0.25) is 5.02 Å². The normalized spacial score (nSPS) is 12.6. The van der Waals surface area contributed by atoms with Crippen LogP contribution >= 0.6 is 11.6 Å². The molecule has 3 aromatic rings. The minimum Gasteiger partial charge on any atom is -0.328 e. The summed E-state index contributed by atoms with van der Waals surface area (Å²) in [6.45, 7) is 0.967. The van der Waals surface area contributed by atoms with Crippen LogP contribution in [0.25, 0.3) is 11.3 Å². The lowest BCUT2D eigenvalue weighted by Gasteiger charge is -2.09. The van der Waals surface area contributed by atoms with E-state index in [1.807, 2.05) is 18.3 Å². The molecular weight excluding hydrogens is 368 g/mol. The number of hydrogen-bond acceptors (Lipinski definition) is 4. The fraction of sp³-hybridized carbons (Fsp3) is 0.158. The van der Waals surface area contributed by atoms with Gasteiger partial charge in [0, 0.05) is 30.8 Å². The predicted molar refractivity (Wildman–Crippen MR) is 102 cm³/mol. The highest BCUT2D eigenvalue weighted by Gasteiger charge is 2.18. The Labute approximate surface area is 159 Å². The highest BCUT2D eigenvalue weighted by molar-refractivity contribution is 6.34. The van der Waals surface area contributed by atoms with Gasteiger partial charge in [-0.05, 0) is 30.2 Å². The van der Waals surface area contributed by atoms with E-state index in [2.05, 4.69) is 14.9 Å². The summed E-state index contributed by atoms with van der Waals surface area (Å²) in [5, 5.41) is 13.8. The van der Waals surface area contributed by atoms with Gasteiger partial charge in [-0.25, -0.2) is 4.98 Å². The van der Waals surface area contributed by atoms with E-state index < -0.39 is 10.8 Å². The van der Waals surface area contributed by atoms with E-state index in [4.69, 9.17) is 11.6 Å². The Hall–Kier alpha value is -3.19. The number of nitrogens with zero attached hydrogens (tertiary/aromatic N) is 3. The van der Waals surface area contributed by atoms with Crippen molar-refractivity contribution in [2.24, 2.45) is 0 Å². The second kappa shape index (κ2) is 6.85. The molecule has 0 unspecified atom stereocenters. The number of nitro groups is 1. The summed E-state index contributed by atoms with van der Waals surface area (Å²) in [5.74, 6) is 0.601. The highest BCUT2D eigenvalue weighted by atomic mass is 35.5. The third-order valence-corrected chi connectivity index (χ3v) is 4.89. The molecule has 1 aromatic heterocycles. The molecule has 1 N–H and O–H groups in total. The fourth-order valence-corrected chi connectivity index (χ4v) is 3.42. The molecule has 0 bridgehead atoms. The Morgan fingerprint density at radius 3 is 2.74 bits per heavy atom. The van der Waals surface area contributed by atoms with Gasteiger partial charge >= 0.3 is 0 Å². The number of fused-ring (bicyclic) bond motifs is 1. The first-order chi connectivity index (χ1) is 13.0. The fourth-order valence-electron chi connectivity index (χ4n) is 3.21. The molecule has 0 saturated carbocycles. The molecule has 27 heavy (non-hydrogen) atoms. The van der Waals surface area contributed by atoms with E-state index in [1.54, 1.807) is 12.1 Å². The lowest BCUT2D eigenvalue weighted by molar-refractivity contribution is -0.384. The van der Waals surface area contributed by atoms with Gasteiger partial charge in [-0.1, -0.05) is 23.7 Å². The molecule has 4 rings (SSSR count). The molecule has 1 amide bonds. The molecule has 7 nitrogen and oxygen atoms in total. The lowest BCUT2D eigenvalue weighted by atomic mass is 10.1. The summed E-state index contributed by atoms with van der Waals surface area (Å²) in [4.78, 5) is 27.2. The van der Waals surface area contributed by atoms with Crippen LogP contribution < -0.4 is 5.32 Å². The Balaban J connectivity index is 1.54. The number of carbonyl (C=O) groups is 1. The van der Waals surface area contributed by atoms with Crippen LogP contribution in [0.3, 0.4) is 0 Å². The molecule has 0 saturated heterocycles. The Morgan fingerprint density at radius 2 is 2.00 bits per heavy atom. The molecule has 8 heteroatoms. The summed E-state index contributed by atoms with van der Waals surface area (Å²) in [6.07, 6.45) is 3.97.